The molecule has 1 aromatic rings. The summed E-state index contributed by atoms with van der Waals surface area (Å²) in [5.41, 5.74) is 0.680. The molecule has 5 heteroatoms. The molecule has 0 aromatic carbocycles. The largest absolute Gasteiger partial charge is 0.379 e. The third-order valence-electron chi connectivity index (χ3n) is 3.26. The van der Waals surface area contributed by atoms with E-state index in [9.17, 15) is 9.59 Å². The second kappa shape index (κ2) is 6.02. The number of aromatic nitrogens is 1. The number of nitrogens with one attached hydrogen (secondary N) is 1. The number of amides is 1. The van der Waals surface area contributed by atoms with Gasteiger partial charge >= 0.3 is 0 Å². The molecule has 0 radical (unpaired) electrons. The van der Waals surface area contributed by atoms with Crippen LogP contribution in [0.4, 0.5) is 0 Å². The molecule has 2 rings (SSSR count). The molecule has 19 heavy (non-hydrogen) atoms. The first-order valence-electron chi connectivity index (χ1n) is 6.60. The van der Waals surface area contributed by atoms with Crippen molar-refractivity contribution in [2.24, 2.45) is 5.92 Å². The molecule has 0 atom stereocenters. The fourth-order valence-electron chi connectivity index (χ4n) is 1.78. The van der Waals surface area contributed by atoms with E-state index in [1.807, 2.05) is 0 Å². The number of hydrogen-bond acceptors (Lipinski definition) is 3. The van der Waals surface area contributed by atoms with Crippen LogP contribution in [0.2, 0.25) is 0 Å². The van der Waals surface area contributed by atoms with E-state index < -0.39 is 0 Å². The second-order valence-electron chi connectivity index (χ2n) is 5.14. The Morgan fingerprint density at radius 1 is 1.53 bits per heavy atom. The second-order valence-corrected chi connectivity index (χ2v) is 5.14. The van der Waals surface area contributed by atoms with E-state index in [0.717, 1.165) is 18.2 Å². The predicted molar refractivity (Wildman–Crippen MR) is 72.3 cm³/mol. The summed E-state index contributed by atoms with van der Waals surface area (Å²) >= 11 is 0. The van der Waals surface area contributed by atoms with E-state index >= 15 is 0 Å². The molecular weight excluding hydrogens is 244 g/mol. The predicted octanol–water partition coefficient (Wildman–Crippen LogP) is 1.18. The molecule has 1 aromatic heterocycles. The van der Waals surface area contributed by atoms with Gasteiger partial charge in [0.25, 0.3) is 5.91 Å². The SMILES string of the molecule is Cc1cc(=O)c(C(=O)N(C)CCOCC2CC2)c[nH]1. The maximum Gasteiger partial charge on any atom is 0.259 e. The van der Waals surface area contributed by atoms with Crippen molar-refractivity contribution < 1.29 is 9.53 Å². The molecule has 1 saturated carbocycles. The van der Waals surface area contributed by atoms with Crippen LogP contribution in [0, 0.1) is 12.8 Å². The molecule has 104 valence electrons. The van der Waals surface area contributed by atoms with Crippen LogP contribution in [0.3, 0.4) is 0 Å². The standard InChI is InChI=1S/C14H20N2O3/c1-10-7-13(17)12(8-15-10)14(18)16(2)5-6-19-9-11-3-4-11/h7-8,11H,3-6,9H2,1-2H3,(H,15,17). The van der Waals surface area contributed by atoms with Gasteiger partial charge in [-0.15, -0.1) is 0 Å². The number of aromatic amines is 1. The third kappa shape index (κ3) is 3.92. The van der Waals surface area contributed by atoms with Gasteiger partial charge in [0, 0.05) is 38.2 Å². The molecule has 1 amide bonds. The highest BCUT2D eigenvalue weighted by atomic mass is 16.5. The van der Waals surface area contributed by atoms with Crippen LogP contribution in [0.15, 0.2) is 17.1 Å². The first-order valence-corrected chi connectivity index (χ1v) is 6.60. The van der Waals surface area contributed by atoms with Crippen LogP contribution < -0.4 is 5.43 Å². The zero-order valence-electron chi connectivity index (χ0n) is 11.4. The maximum absolute atomic E-state index is 12.1. The number of likely N-dealkylation sites (N-methyl/N-ethyl adjacent to an activating group) is 1. The van der Waals surface area contributed by atoms with Crippen LogP contribution in [0.5, 0.6) is 0 Å². The molecule has 5 nitrogen and oxygen atoms in total. The van der Waals surface area contributed by atoms with Gasteiger partial charge in [0.2, 0.25) is 0 Å². The molecule has 0 unspecified atom stereocenters. The van der Waals surface area contributed by atoms with Crippen LogP contribution in [0.1, 0.15) is 28.9 Å². The number of H-pyrrole nitrogens is 1. The zero-order chi connectivity index (χ0) is 13.8. The summed E-state index contributed by atoms with van der Waals surface area (Å²) in [5.74, 6) is 0.456. The van der Waals surface area contributed by atoms with Crippen molar-refractivity contribution in [3.8, 4) is 0 Å². The quantitative estimate of drug-likeness (QED) is 0.785. The van der Waals surface area contributed by atoms with Crippen LogP contribution in [-0.4, -0.2) is 42.6 Å². The Kier molecular flexibility index (Phi) is 4.37. The van der Waals surface area contributed by atoms with Gasteiger partial charge < -0.3 is 14.6 Å². The minimum atomic E-state index is -0.267. The number of nitrogens with zero attached hydrogens (tertiary/aromatic N) is 1. The Hall–Kier alpha value is -1.62. The Morgan fingerprint density at radius 2 is 2.26 bits per heavy atom. The molecule has 0 bridgehead atoms. The number of carbonyl (C=O) groups excluding carboxylic acids is 1. The van der Waals surface area contributed by atoms with Crippen molar-refractivity contribution in [1.82, 2.24) is 9.88 Å². The highest BCUT2D eigenvalue weighted by Gasteiger charge is 2.21. The zero-order valence-corrected chi connectivity index (χ0v) is 11.4. The van der Waals surface area contributed by atoms with Gasteiger partial charge in [-0.1, -0.05) is 0 Å². The smallest absolute Gasteiger partial charge is 0.259 e. The number of ether oxygens (including phenoxy) is 1. The topological polar surface area (TPSA) is 62.4 Å². The van der Waals surface area contributed by atoms with E-state index in [1.165, 1.54) is 30.0 Å². The first-order chi connectivity index (χ1) is 9.08. The number of hydrogen-bond donors (Lipinski definition) is 1. The Morgan fingerprint density at radius 3 is 2.89 bits per heavy atom. The molecule has 1 heterocycles. The Bertz CT molecular complexity index is 506. The summed E-state index contributed by atoms with van der Waals surface area (Å²) < 4.78 is 5.48. The monoisotopic (exact) mass is 264 g/mol. The minimum absolute atomic E-state index is 0.176. The summed E-state index contributed by atoms with van der Waals surface area (Å²) in [7, 11) is 1.68. The summed E-state index contributed by atoms with van der Waals surface area (Å²) in [6.07, 6.45) is 3.99. The van der Waals surface area contributed by atoms with E-state index in [-0.39, 0.29) is 16.9 Å². The van der Waals surface area contributed by atoms with Crippen molar-refractivity contribution in [2.45, 2.75) is 19.8 Å². The van der Waals surface area contributed by atoms with Gasteiger partial charge in [-0.3, -0.25) is 9.59 Å². The average molecular weight is 264 g/mol. The van der Waals surface area contributed by atoms with Crippen LogP contribution in [-0.2, 0) is 4.74 Å². The highest BCUT2D eigenvalue weighted by Crippen LogP contribution is 2.28. The van der Waals surface area contributed by atoms with Gasteiger partial charge in [-0.2, -0.15) is 0 Å². The van der Waals surface area contributed by atoms with Gasteiger partial charge in [-0.25, -0.2) is 0 Å². The summed E-state index contributed by atoms with van der Waals surface area (Å²) in [6, 6.07) is 1.44. The van der Waals surface area contributed by atoms with Crippen LogP contribution in [0.25, 0.3) is 0 Å². The molecule has 1 aliphatic rings. The van der Waals surface area contributed by atoms with Crippen LogP contribution >= 0.6 is 0 Å². The van der Waals surface area contributed by atoms with Crippen molar-refractivity contribution in [3.05, 3.63) is 33.7 Å². The van der Waals surface area contributed by atoms with Gasteiger partial charge in [0.1, 0.15) is 5.56 Å². The lowest BCUT2D eigenvalue weighted by molar-refractivity contribution is 0.0679. The van der Waals surface area contributed by atoms with E-state index in [4.69, 9.17) is 4.74 Å². The molecule has 0 spiro atoms. The summed E-state index contributed by atoms with van der Waals surface area (Å²) in [5, 5.41) is 0. The normalized spacial score (nSPS) is 14.4. The molecular formula is C14H20N2O3. The molecule has 0 saturated heterocycles. The van der Waals surface area contributed by atoms with Crippen molar-refractivity contribution in [2.75, 3.05) is 26.8 Å². The molecule has 0 aliphatic heterocycles. The summed E-state index contributed by atoms with van der Waals surface area (Å²) in [4.78, 5) is 28.2. The fraction of sp³-hybridized carbons (Fsp3) is 0.571. The molecule has 1 fully saturated rings. The lowest BCUT2D eigenvalue weighted by Crippen LogP contribution is -2.33. The minimum Gasteiger partial charge on any atom is -0.379 e. The van der Waals surface area contributed by atoms with E-state index in [0.29, 0.717) is 13.2 Å². The van der Waals surface area contributed by atoms with Crippen molar-refractivity contribution >= 4 is 5.91 Å². The first kappa shape index (κ1) is 13.8. The third-order valence-corrected chi connectivity index (χ3v) is 3.26. The lowest BCUT2D eigenvalue weighted by Gasteiger charge is -2.16. The fourth-order valence-corrected chi connectivity index (χ4v) is 1.78. The number of carbonyl (C=O) groups is 1. The van der Waals surface area contributed by atoms with Gasteiger partial charge in [0.05, 0.1) is 6.61 Å². The Balaban J connectivity index is 1.84. The van der Waals surface area contributed by atoms with Crippen molar-refractivity contribution in [3.63, 3.8) is 0 Å². The molecule has 1 aliphatic carbocycles. The average Bonchev–Trinajstić information content (AvgIpc) is 3.17. The van der Waals surface area contributed by atoms with Gasteiger partial charge in [-0.05, 0) is 25.7 Å². The number of pyridine rings is 1. The highest BCUT2D eigenvalue weighted by molar-refractivity contribution is 5.93. The Labute approximate surface area is 112 Å². The molecule has 1 N–H and O–H groups in total. The maximum atomic E-state index is 12.1. The number of rotatable bonds is 6. The summed E-state index contributed by atoms with van der Waals surface area (Å²) in [6.45, 7) is 3.58. The lowest BCUT2D eigenvalue weighted by atomic mass is 10.2. The van der Waals surface area contributed by atoms with E-state index in [1.54, 1.807) is 14.0 Å². The number of aryl methyl sites for hydroxylation is 1. The van der Waals surface area contributed by atoms with Gasteiger partial charge in [0.15, 0.2) is 5.43 Å². The van der Waals surface area contributed by atoms with E-state index in [2.05, 4.69) is 4.98 Å². The van der Waals surface area contributed by atoms with Crippen molar-refractivity contribution in [1.29, 1.82) is 0 Å².